The van der Waals surface area contributed by atoms with E-state index in [1.54, 1.807) is 12.1 Å². The molecule has 23 heavy (non-hydrogen) atoms. The van der Waals surface area contributed by atoms with E-state index in [0.29, 0.717) is 6.54 Å². The predicted octanol–water partition coefficient (Wildman–Crippen LogP) is 3.71. The minimum Gasteiger partial charge on any atom is -0.377 e. The van der Waals surface area contributed by atoms with Crippen molar-refractivity contribution in [1.82, 2.24) is 9.88 Å². The lowest BCUT2D eigenvalue weighted by Gasteiger charge is -2.25. The van der Waals surface area contributed by atoms with Gasteiger partial charge in [-0.25, -0.2) is 4.39 Å². The van der Waals surface area contributed by atoms with Crippen LogP contribution in [0.2, 0.25) is 0 Å². The van der Waals surface area contributed by atoms with Gasteiger partial charge in [0.15, 0.2) is 0 Å². The lowest BCUT2D eigenvalue weighted by molar-refractivity contribution is 0.0674. The Morgan fingerprint density at radius 2 is 2.09 bits per heavy atom. The van der Waals surface area contributed by atoms with Crippen LogP contribution in [0.15, 0.2) is 42.5 Å². The van der Waals surface area contributed by atoms with Crippen molar-refractivity contribution in [2.45, 2.75) is 39.0 Å². The van der Waals surface area contributed by atoms with E-state index in [9.17, 15) is 4.39 Å². The number of aromatic nitrogens is 1. The van der Waals surface area contributed by atoms with E-state index >= 15 is 0 Å². The summed E-state index contributed by atoms with van der Waals surface area (Å²) in [6.45, 7) is 5.15. The van der Waals surface area contributed by atoms with Gasteiger partial charge in [-0.05, 0) is 49.6 Å². The molecule has 1 aromatic carbocycles. The molecule has 1 saturated heterocycles. The predicted molar refractivity (Wildman–Crippen MR) is 88.5 cm³/mol. The van der Waals surface area contributed by atoms with E-state index in [2.05, 4.69) is 9.88 Å². The molecule has 2 aromatic rings. The molecule has 1 fully saturated rings. The van der Waals surface area contributed by atoms with Crippen LogP contribution in [0.3, 0.4) is 0 Å². The normalized spacial score (nSPS) is 17.8. The maximum absolute atomic E-state index is 13.4. The van der Waals surface area contributed by atoms with E-state index in [0.717, 1.165) is 49.5 Å². The zero-order valence-electron chi connectivity index (χ0n) is 13.5. The van der Waals surface area contributed by atoms with Crippen LogP contribution >= 0.6 is 0 Å². The first-order chi connectivity index (χ1) is 11.2. The highest BCUT2D eigenvalue weighted by Gasteiger charge is 2.20. The molecule has 1 aliphatic rings. The number of hydrogen-bond donors (Lipinski definition) is 0. The molecule has 3 rings (SSSR count). The lowest BCUT2D eigenvalue weighted by Crippen LogP contribution is -2.31. The van der Waals surface area contributed by atoms with Crippen molar-refractivity contribution in [1.29, 1.82) is 0 Å². The summed E-state index contributed by atoms with van der Waals surface area (Å²) in [5.41, 5.74) is 3.04. The Kier molecular flexibility index (Phi) is 5.36. The number of nitrogens with zero attached hydrogens (tertiary/aromatic N) is 2. The minimum absolute atomic E-state index is 0.187. The van der Waals surface area contributed by atoms with Crippen LogP contribution in [0.1, 0.15) is 29.8 Å². The zero-order chi connectivity index (χ0) is 16.1. The molecule has 0 saturated carbocycles. The second-order valence-corrected chi connectivity index (χ2v) is 6.20. The fourth-order valence-electron chi connectivity index (χ4n) is 3.07. The van der Waals surface area contributed by atoms with E-state index < -0.39 is 0 Å². The van der Waals surface area contributed by atoms with Crippen LogP contribution < -0.4 is 0 Å². The monoisotopic (exact) mass is 314 g/mol. The van der Waals surface area contributed by atoms with Gasteiger partial charge in [-0.15, -0.1) is 0 Å². The van der Waals surface area contributed by atoms with Gasteiger partial charge in [0.25, 0.3) is 0 Å². The molecule has 0 aliphatic carbocycles. The number of rotatable bonds is 6. The van der Waals surface area contributed by atoms with Crippen molar-refractivity contribution in [2.24, 2.45) is 0 Å². The van der Waals surface area contributed by atoms with Gasteiger partial charge in [-0.1, -0.05) is 18.2 Å². The Bertz CT molecular complexity index is 593. The average molecular weight is 314 g/mol. The molecule has 1 aromatic heterocycles. The van der Waals surface area contributed by atoms with Crippen molar-refractivity contribution in [3.05, 3.63) is 65.2 Å². The van der Waals surface area contributed by atoms with Gasteiger partial charge in [-0.3, -0.25) is 9.88 Å². The summed E-state index contributed by atoms with van der Waals surface area (Å²) in [4.78, 5) is 6.89. The Morgan fingerprint density at radius 1 is 1.22 bits per heavy atom. The second-order valence-electron chi connectivity index (χ2n) is 6.20. The van der Waals surface area contributed by atoms with E-state index in [1.807, 2.05) is 31.2 Å². The molecule has 1 unspecified atom stereocenters. The van der Waals surface area contributed by atoms with Gasteiger partial charge in [0.1, 0.15) is 5.82 Å². The van der Waals surface area contributed by atoms with Gasteiger partial charge < -0.3 is 4.74 Å². The Morgan fingerprint density at radius 3 is 2.83 bits per heavy atom. The molecule has 0 amide bonds. The maximum atomic E-state index is 13.4. The molecule has 0 bridgehead atoms. The molecule has 4 heteroatoms. The molecular weight excluding hydrogens is 291 g/mol. The molecule has 122 valence electrons. The highest BCUT2D eigenvalue weighted by molar-refractivity contribution is 5.17. The van der Waals surface area contributed by atoms with Crippen LogP contribution in [0.25, 0.3) is 0 Å². The molecule has 2 heterocycles. The first-order valence-electron chi connectivity index (χ1n) is 8.20. The summed E-state index contributed by atoms with van der Waals surface area (Å²) in [5, 5.41) is 0. The van der Waals surface area contributed by atoms with Gasteiger partial charge >= 0.3 is 0 Å². The SMILES string of the molecule is Cc1cccc(CN(Cc2cccc(F)c2)CC2CCCO2)n1. The third kappa shape index (κ3) is 4.85. The minimum atomic E-state index is -0.187. The first-order valence-corrected chi connectivity index (χ1v) is 8.20. The number of hydrogen-bond acceptors (Lipinski definition) is 3. The van der Waals surface area contributed by atoms with Gasteiger partial charge in [0.05, 0.1) is 11.8 Å². The number of pyridine rings is 1. The van der Waals surface area contributed by atoms with Crippen molar-refractivity contribution in [3.8, 4) is 0 Å². The highest BCUT2D eigenvalue weighted by atomic mass is 19.1. The van der Waals surface area contributed by atoms with Crippen LogP contribution in [-0.4, -0.2) is 29.1 Å². The number of aryl methyl sites for hydroxylation is 1. The van der Waals surface area contributed by atoms with Crippen molar-refractivity contribution in [2.75, 3.05) is 13.2 Å². The number of halogens is 1. The summed E-state index contributed by atoms with van der Waals surface area (Å²) >= 11 is 0. The standard InChI is InChI=1S/C19H23FN2O/c1-15-5-2-8-18(21-15)13-22(14-19-9-4-10-23-19)12-16-6-3-7-17(20)11-16/h2-3,5-8,11,19H,4,9-10,12-14H2,1H3. The lowest BCUT2D eigenvalue weighted by atomic mass is 10.1. The highest BCUT2D eigenvalue weighted by Crippen LogP contribution is 2.17. The van der Waals surface area contributed by atoms with Crippen LogP contribution in [0, 0.1) is 12.7 Å². The van der Waals surface area contributed by atoms with Gasteiger partial charge in [0.2, 0.25) is 0 Å². The average Bonchev–Trinajstić information content (AvgIpc) is 3.00. The number of ether oxygens (including phenoxy) is 1. The first kappa shape index (κ1) is 16.1. The third-order valence-corrected chi connectivity index (χ3v) is 4.11. The maximum Gasteiger partial charge on any atom is 0.123 e. The zero-order valence-corrected chi connectivity index (χ0v) is 13.5. The smallest absolute Gasteiger partial charge is 0.123 e. The van der Waals surface area contributed by atoms with E-state index in [1.165, 1.54) is 6.07 Å². The quantitative estimate of drug-likeness (QED) is 0.813. The fourth-order valence-corrected chi connectivity index (χ4v) is 3.07. The third-order valence-electron chi connectivity index (χ3n) is 4.11. The van der Waals surface area contributed by atoms with Crippen LogP contribution in [-0.2, 0) is 17.8 Å². The molecular formula is C19H23FN2O. The second kappa shape index (κ2) is 7.66. The van der Waals surface area contributed by atoms with Gasteiger partial charge in [0, 0.05) is 31.9 Å². The molecule has 3 nitrogen and oxygen atoms in total. The van der Waals surface area contributed by atoms with Crippen LogP contribution in [0.4, 0.5) is 4.39 Å². The molecule has 0 radical (unpaired) electrons. The summed E-state index contributed by atoms with van der Waals surface area (Å²) in [5.74, 6) is -0.187. The molecule has 1 aliphatic heterocycles. The Hall–Kier alpha value is -1.78. The molecule has 1 atom stereocenters. The van der Waals surface area contributed by atoms with E-state index in [4.69, 9.17) is 4.74 Å². The van der Waals surface area contributed by atoms with Crippen molar-refractivity contribution < 1.29 is 9.13 Å². The molecule has 0 N–H and O–H groups in total. The van der Waals surface area contributed by atoms with Crippen molar-refractivity contribution >= 4 is 0 Å². The topological polar surface area (TPSA) is 25.4 Å². The summed E-state index contributed by atoms with van der Waals surface area (Å²) < 4.78 is 19.2. The summed E-state index contributed by atoms with van der Waals surface area (Å²) in [7, 11) is 0. The van der Waals surface area contributed by atoms with Crippen LogP contribution in [0.5, 0.6) is 0 Å². The largest absolute Gasteiger partial charge is 0.377 e. The van der Waals surface area contributed by atoms with E-state index in [-0.39, 0.29) is 11.9 Å². The summed E-state index contributed by atoms with van der Waals surface area (Å²) in [6.07, 6.45) is 2.50. The summed E-state index contributed by atoms with van der Waals surface area (Å²) in [6, 6.07) is 12.9. The number of benzene rings is 1. The fraction of sp³-hybridized carbons (Fsp3) is 0.421. The Labute approximate surface area is 137 Å². The van der Waals surface area contributed by atoms with Gasteiger partial charge in [-0.2, -0.15) is 0 Å². The van der Waals surface area contributed by atoms with Crippen molar-refractivity contribution in [3.63, 3.8) is 0 Å². The Balaban J connectivity index is 1.72. The molecule has 0 spiro atoms.